The molecule has 0 spiro atoms. The molecule has 0 amide bonds. The largest absolute Gasteiger partial charge is 0.489 e. The SMILES string of the molecule is Cc1cc(-c2ccc(OCc3c(C)cccc3-n3nnn(C)c3=O)c(C)c2)n(C)n1. The molecule has 0 aliphatic rings. The molecule has 0 atom stereocenters. The van der Waals surface area contributed by atoms with Crippen molar-refractivity contribution in [2.24, 2.45) is 14.1 Å². The van der Waals surface area contributed by atoms with Gasteiger partial charge in [0.1, 0.15) is 12.4 Å². The van der Waals surface area contributed by atoms with Gasteiger partial charge in [0.15, 0.2) is 0 Å². The van der Waals surface area contributed by atoms with Gasteiger partial charge in [0.25, 0.3) is 0 Å². The van der Waals surface area contributed by atoms with Crippen molar-refractivity contribution in [3.63, 3.8) is 0 Å². The fraction of sp³-hybridized carbons (Fsp3) is 0.273. The molecule has 2 aromatic carbocycles. The number of benzene rings is 2. The van der Waals surface area contributed by atoms with Crippen LogP contribution in [0.5, 0.6) is 5.75 Å². The normalized spacial score (nSPS) is 11.1. The van der Waals surface area contributed by atoms with Crippen LogP contribution < -0.4 is 10.4 Å². The Morgan fingerprint density at radius 1 is 0.933 bits per heavy atom. The molecule has 0 saturated carbocycles. The lowest BCUT2D eigenvalue weighted by Gasteiger charge is -2.15. The van der Waals surface area contributed by atoms with Gasteiger partial charge in [-0.15, -0.1) is 0 Å². The zero-order valence-electron chi connectivity index (χ0n) is 17.7. The van der Waals surface area contributed by atoms with E-state index in [9.17, 15) is 4.79 Å². The van der Waals surface area contributed by atoms with E-state index < -0.39 is 0 Å². The van der Waals surface area contributed by atoms with Crippen molar-refractivity contribution < 1.29 is 4.74 Å². The first-order valence-electron chi connectivity index (χ1n) is 9.67. The third-order valence-corrected chi connectivity index (χ3v) is 5.18. The number of ether oxygens (including phenoxy) is 1. The number of tetrazole rings is 1. The summed E-state index contributed by atoms with van der Waals surface area (Å²) >= 11 is 0. The minimum absolute atomic E-state index is 0.297. The van der Waals surface area contributed by atoms with E-state index in [4.69, 9.17) is 4.74 Å². The summed E-state index contributed by atoms with van der Waals surface area (Å²) in [4.78, 5) is 12.3. The van der Waals surface area contributed by atoms with E-state index in [1.807, 2.05) is 62.8 Å². The molecule has 2 aromatic heterocycles. The third kappa shape index (κ3) is 3.52. The fourth-order valence-electron chi connectivity index (χ4n) is 3.54. The quantitative estimate of drug-likeness (QED) is 0.511. The van der Waals surface area contributed by atoms with E-state index in [1.165, 1.54) is 9.36 Å². The number of rotatable bonds is 5. The summed E-state index contributed by atoms with van der Waals surface area (Å²) in [5.74, 6) is 0.790. The van der Waals surface area contributed by atoms with E-state index in [2.05, 4.69) is 27.7 Å². The standard InChI is InChI=1S/C22H24N6O2/c1-14-7-6-8-19(28-22(29)27(5)24-25-28)18(14)13-30-21-10-9-17(11-15(21)2)20-12-16(3)23-26(20)4/h6-12H,13H2,1-5H3. The lowest BCUT2D eigenvalue weighted by molar-refractivity contribution is 0.302. The molecule has 0 radical (unpaired) electrons. The molecule has 8 nitrogen and oxygen atoms in total. The van der Waals surface area contributed by atoms with Crippen molar-refractivity contribution in [1.29, 1.82) is 0 Å². The van der Waals surface area contributed by atoms with Gasteiger partial charge in [-0.05, 0) is 72.7 Å². The van der Waals surface area contributed by atoms with Crippen molar-refractivity contribution in [2.45, 2.75) is 27.4 Å². The van der Waals surface area contributed by atoms with Gasteiger partial charge in [-0.25, -0.2) is 4.79 Å². The van der Waals surface area contributed by atoms with Gasteiger partial charge in [0.2, 0.25) is 0 Å². The summed E-state index contributed by atoms with van der Waals surface area (Å²) in [6.45, 7) is 6.31. The van der Waals surface area contributed by atoms with Crippen LogP contribution in [0.3, 0.4) is 0 Å². The maximum absolute atomic E-state index is 12.3. The van der Waals surface area contributed by atoms with E-state index in [0.29, 0.717) is 12.3 Å². The van der Waals surface area contributed by atoms with E-state index in [0.717, 1.165) is 39.4 Å². The second-order valence-corrected chi connectivity index (χ2v) is 7.43. The maximum atomic E-state index is 12.3. The fourth-order valence-corrected chi connectivity index (χ4v) is 3.54. The number of nitrogens with zero attached hydrogens (tertiary/aromatic N) is 6. The molecule has 154 valence electrons. The predicted octanol–water partition coefficient (Wildman–Crippen LogP) is 2.87. The second-order valence-electron chi connectivity index (χ2n) is 7.43. The Morgan fingerprint density at radius 2 is 1.73 bits per heavy atom. The average molecular weight is 404 g/mol. The van der Waals surface area contributed by atoms with Crippen LogP contribution in [0.1, 0.15) is 22.4 Å². The number of aryl methyl sites for hydroxylation is 5. The smallest absolute Gasteiger partial charge is 0.368 e. The highest BCUT2D eigenvalue weighted by atomic mass is 16.5. The molecule has 0 saturated heterocycles. The van der Waals surface area contributed by atoms with Crippen LogP contribution in [0.4, 0.5) is 0 Å². The Morgan fingerprint density at radius 3 is 2.37 bits per heavy atom. The van der Waals surface area contributed by atoms with Crippen molar-refractivity contribution in [3.05, 3.63) is 75.3 Å². The molecule has 8 heteroatoms. The highest BCUT2D eigenvalue weighted by Gasteiger charge is 2.14. The molecular weight excluding hydrogens is 380 g/mol. The highest BCUT2D eigenvalue weighted by Crippen LogP contribution is 2.28. The first kappa shape index (κ1) is 19.6. The molecule has 0 aliphatic carbocycles. The van der Waals surface area contributed by atoms with Gasteiger partial charge in [-0.3, -0.25) is 4.68 Å². The van der Waals surface area contributed by atoms with Crippen molar-refractivity contribution >= 4 is 0 Å². The molecule has 2 heterocycles. The van der Waals surface area contributed by atoms with Crippen LogP contribution >= 0.6 is 0 Å². The third-order valence-electron chi connectivity index (χ3n) is 5.18. The Hall–Kier alpha value is -3.68. The van der Waals surface area contributed by atoms with E-state index in [-0.39, 0.29) is 5.69 Å². The molecule has 0 bridgehead atoms. The summed E-state index contributed by atoms with van der Waals surface area (Å²) in [5.41, 5.74) is 6.45. The summed E-state index contributed by atoms with van der Waals surface area (Å²) in [7, 11) is 3.52. The van der Waals surface area contributed by atoms with Crippen LogP contribution in [-0.2, 0) is 20.7 Å². The number of aromatic nitrogens is 6. The van der Waals surface area contributed by atoms with Crippen molar-refractivity contribution in [1.82, 2.24) is 29.6 Å². The second kappa shape index (κ2) is 7.62. The topological polar surface area (TPSA) is 79.8 Å². The average Bonchev–Trinajstić information content (AvgIpc) is 3.22. The van der Waals surface area contributed by atoms with E-state index >= 15 is 0 Å². The highest BCUT2D eigenvalue weighted by molar-refractivity contribution is 5.62. The van der Waals surface area contributed by atoms with E-state index in [1.54, 1.807) is 7.05 Å². The minimum Gasteiger partial charge on any atom is -0.489 e. The lowest BCUT2D eigenvalue weighted by atomic mass is 10.1. The Kier molecular flexibility index (Phi) is 4.99. The number of hydrogen-bond donors (Lipinski definition) is 0. The van der Waals surface area contributed by atoms with Gasteiger partial charge in [-0.1, -0.05) is 12.1 Å². The molecule has 0 unspecified atom stereocenters. The van der Waals surface area contributed by atoms with Crippen LogP contribution in [0, 0.1) is 20.8 Å². The Bertz CT molecular complexity index is 1280. The number of hydrogen-bond acceptors (Lipinski definition) is 5. The maximum Gasteiger partial charge on any atom is 0.368 e. The predicted molar refractivity (Wildman–Crippen MR) is 114 cm³/mol. The van der Waals surface area contributed by atoms with Crippen LogP contribution in [0.25, 0.3) is 16.9 Å². The zero-order chi connectivity index (χ0) is 21.4. The minimum atomic E-state index is -0.297. The first-order valence-corrected chi connectivity index (χ1v) is 9.67. The van der Waals surface area contributed by atoms with Crippen LogP contribution in [-0.4, -0.2) is 29.6 Å². The summed E-state index contributed by atoms with van der Waals surface area (Å²) in [6.07, 6.45) is 0. The van der Waals surface area contributed by atoms with Crippen molar-refractivity contribution in [3.8, 4) is 22.7 Å². The van der Waals surface area contributed by atoms with Gasteiger partial charge in [0.05, 0.1) is 17.1 Å². The summed E-state index contributed by atoms with van der Waals surface area (Å²) < 4.78 is 10.5. The Labute approximate surface area is 174 Å². The van der Waals surface area contributed by atoms with Crippen molar-refractivity contribution in [2.75, 3.05) is 0 Å². The van der Waals surface area contributed by atoms with Gasteiger partial charge >= 0.3 is 5.69 Å². The van der Waals surface area contributed by atoms with Gasteiger partial charge < -0.3 is 4.74 Å². The summed E-state index contributed by atoms with van der Waals surface area (Å²) in [5, 5.41) is 12.2. The Balaban J connectivity index is 1.62. The van der Waals surface area contributed by atoms with Gasteiger partial charge in [0, 0.05) is 25.2 Å². The zero-order valence-corrected chi connectivity index (χ0v) is 17.7. The van der Waals surface area contributed by atoms with Crippen LogP contribution in [0.2, 0.25) is 0 Å². The molecule has 0 aliphatic heterocycles. The molecular formula is C22H24N6O2. The van der Waals surface area contributed by atoms with Crippen LogP contribution in [0.15, 0.2) is 47.3 Å². The van der Waals surface area contributed by atoms with Gasteiger partial charge in [-0.2, -0.15) is 14.5 Å². The first-order chi connectivity index (χ1) is 14.3. The molecule has 4 rings (SSSR count). The summed E-state index contributed by atoms with van der Waals surface area (Å²) in [6, 6.07) is 13.9. The molecule has 4 aromatic rings. The molecule has 30 heavy (non-hydrogen) atoms. The molecule has 0 fully saturated rings. The lowest BCUT2D eigenvalue weighted by Crippen LogP contribution is -2.23. The molecule has 0 N–H and O–H groups in total. The monoisotopic (exact) mass is 404 g/mol.